The summed E-state index contributed by atoms with van der Waals surface area (Å²) in [5.74, 6) is 0.0464. The van der Waals surface area contributed by atoms with E-state index in [4.69, 9.17) is 5.73 Å². The summed E-state index contributed by atoms with van der Waals surface area (Å²) in [6.45, 7) is 2.18. The Kier molecular flexibility index (Phi) is 4.43. The fourth-order valence-electron chi connectivity index (χ4n) is 3.15. The van der Waals surface area contributed by atoms with E-state index < -0.39 is 9.84 Å². The number of aryl methyl sites for hydroxylation is 1. The monoisotopic (exact) mass is 459 g/mol. The van der Waals surface area contributed by atoms with Crippen LogP contribution in [0, 0.1) is 0 Å². The summed E-state index contributed by atoms with van der Waals surface area (Å²) in [6.07, 6.45) is 1.60. The maximum Gasteiger partial charge on any atom is 0.278 e. The van der Waals surface area contributed by atoms with Gasteiger partial charge in [0.25, 0.3) is 11.2 Å². The Hall–Kier alpha value is -2.78. The molecule has 0 aliphatic rings. The molecule has 0 saturated heterocycles. The van der Waals surface area contributed by atoms with Crippen LogP contribution in [0.5, 0.6) is 0 Å². The molecule has 28 heavy (non-hydrogen) atoms. The van der Waals surface area contributed by atoms with E-state index >= 15 is 0 Å². The number of pyridine rings is 2. The summed E-state index contributed by atoms with van der Waals surface area (Å²) in [7, 11) is -3.92. The topological polar surface area (TPSA) is 98.4 Å². The Morgan fingerprint density at radius 3 is 2.57 bits per heavy atom. The van der Waals surface area contributed by atoms with Crippen molar-refractivity contribution < 1.29 is 13.0 Å². The first-order chi connectivity index (χ1) is 13.3. The quantitative estimate of drug-likeness (QED) is 0.374. The van der Waals surface area contributed by atoms with Gasteiger partial charge in [-0.15, -0.1) is 0 Å². The summed E-state index contributed by atoms with van der Waals surface area (Å²) in [4.78, 5) is 17.5. The number of rotatable bonds is 3. The van der Waals surface area contributed by atoms with Gasteiger partial charge in [-0.1, -0.05) is 27.0 Å². The molecule has 0 saturated carbocycles. The summed E-state index contributed by atoms with van der Waals surface area (Å²) >= 11 is 3.29. The number of aromatic nitrogens is 3. The number of hydrogen-bond donors (Lipinski definition) is 1. The van der Waals surface area contributed by atoms with Crippen LogP contribution in [0.4, 0.5) is 5.82 Å². The normalized spacial score (nSPS) is 11.9. The Morgan fingerprint density at radius 2 is 1.89 bits per heavy atom. The van der Waals surface area contributed by atoms with Gasteiger partial charge in [-0.3, -0.25) is 9.20 Å². The standard InChI is InChI=1S/C19H15BrN4O3S/c1-2-23-17(21)15(28(26,27)13-8-6-12(20)7-9-13)11-14-18(23)22-16-5-3-4-10-24(16)19(14)25/h3-11,21H,2H2,1H3/p+1. The first-order valence-electron chi connectivity index (χ1n) is 8.48. The van der Waals surface area contributed by atoms with Crippen LogP contribution in [0.2, 0.25) is 0 Å². The Balaban J connectivity index is 2.12. The minimum Gasteiger partial charge on any atom is -0.317 e. The van der Waals surface area contributed by atoms with Gasteiger partial charge in [-0.05, 0) is 49.4 Å². The van der Waals surface area contributed by atoms with Crippen molar-refractivity contribution in [1.29, 1.82) is 0 Å². The lowest BCUT2D eigenvalue weighted by Gasteiger charge is -2.11. The van der Waals surface area contributed by atoms with Crippen LogP contribution >= 0.6 is 15.9 Å². The van der Waals surface area contributed by atoms with Gasteiger partial charge in [0, 0.05) is 10.7 Å². The number of sulfone groups is 1. The number of fused-ring (bicyclic) bond motifs is 2. The molecular formula is C19H16BrN4O3S+. The van der Waals surface area contributed by atoms with Crippen LogP contribution in [0.25, 0.3) is 16.7 Å². The van der Waals surface area contributed by atoms with E-state index in [-0.39, 0.29) is 26.6 Å². The number of nitrogen functional groups attached to an aromatic ring is 1. The Labute approximate surface area is 169 Å². The first-order valence-corrected chi connectivity index (χ1v) is 10.8. The molecule has 0 bridgehead atoms. The second-order valence-electron chi connectivity index (χ2n) is 6.18. The second-order valence-corrected chi connectivity index (χ2v) is 9.01. The third-order valence-electron chi connectivity index (χ3n) is 4.55. The van der Waals surface area contributed by atoms with Crippen LogP contribution < -0.4 is 15.9 Å². The molecule has 4 rings (SSSR count). The van der Waals surface area contributed by atoms with E-state index in [1.54, 1.807) is 41.1 Å². The molecule has 0 amide bonds. The van der Waals surface area contributed by atoms with Crippen LogP contribution in [0.3, 0.4) is 0 Å². The second kappa shape index (κ2) is 6.68. The maximum atomic E-state index is 13.2. The van der Waals surface area contributed by atoms with E-state index in [0.717, 1.165) is 4.47 Å². The zero-order chi connectivity index (χ0) is 20.1. The number of benzene rings is 1. The van der Waals surface area contributed by atoms with E-state index in [1.807, 2.05) is 6.92 Å². The molecule has 7 nitrogen and oxygen atoms in total. The highest BCUT2D eigenvalue weighted by Crippen LogP contribution is 2.27. The Morgan fingerprint density at radius 1 is 1.18 bits per heavy atom. The number of anilines is 1. The minimum atomic E-state index is -3.92. The minimum absolute atomic E-state index is 0.0464. The van der Waals surface area contributed by atoms with Crippen molar-refractivity contribution in [3.8, 4) is 0 Å². The lowest BCUT2D eigenvalue weighted by atomic mass is 10.3. The van der Waals surface area contributed by atoms with Crippen molar-refractivity contribution in [1.82, 2.24) is 9.38 Å². The van der Waals surface area contributed by atoms with E-state index in [2.05, 4.69) is 20.9 Å². The predicted molar refractivity (Wildman–Crippen MR) is 109 cm³/mol. The molecule has 0 atom stereocenters. The van der Waals surface area contributed by atoms with Crippen molar-refractivity contribution in [3.63, 3.8) is 0 Å². The third-order valence-corrected chi connectivity index (χ3v) is 6.88. The van der Waals surface area contributed by atoms with Gasteiger partial charge in [-0.25, -0.2) is 13.0 Å². The molecule has 0 radical (unpaired) electrons. The molecule has 0 aliphatic carbocycles. The molecule has 3 aromatic heterocycles. The summed E-state index contributed by atoms with van der Waals surface area (Å²) < 4.78 is 30.1. The highest BCUT2D eigenvalue weighted by molar-refractivity contribution is 9.10. The lowest BCUT2D eigenvalue weighted by Crippen LogP contribution is -2.40. The smallest absolute Gasteiger partial charge is 0.278 e. The highest BCUT2D eigenvalue weighted by Gasteiger charge is 2.28. The number of nitrogens with zero attached hydrogens (tertiary/aromatic N) is 3. The molecular weight excluding hydrogens is 444 g/mol. The highest BCUT2D eigenvalue weighted by atomic mass is 79.9. The van der Waals surface area contributed by atoms with Crippen LogP contribution in [-0.2, 0) is 16.4 Å². The zero-order valence-corrected chi connectivity index (χ0v) is 17.2. The summed E-state index contributed by atoms with van der Waals surface area (Å²) in [5, 5.41) is 0.190. The molecule has 9 heteroatoms. The largest absolute Gasteiger partial charge is 0.317 e. The Bertz CT molecular complexity index is 1400. The number of hydrogen-bond acceptors (Lipinski definition) is 5. The van der Waals surface area contributed by atoms with Crippen LogP contribution in [-0.4, -0.2) is 17.8 Å². The SMILES string of the molecule is CC[n+]1c(N)c(S(=O)(=O)c2ccc(Br)cc2)cc2c(=O)n3ccccc3nc21. The predicted octanol–water partition coefficient (Wildman–Crippen LogP) is 2.33. The van der Waals surface area contributed by atoms with Crippen molar-refractivity contribution in [2.24, 2.45) is 0 Å². The summed E-state index contributed by atoms with van der Waals surface area (Å²) in [6, 6.07) is 12.8. The van der Waals surface area contributed by atoms with Gasteiger partial charge < -0.3 is 5.73 Å². The van der Waals surface area contributed by atoms with Gasteiger partial charge in [-0.2, -0.15) is 0 Å². The van der Waals surface area contributed by atoms with Gasteiger partial charge in [0.2, 0.25) is 21.3 Å². The maximum absolute atomic E-state index is 13.2. The number of halogens is 1. The van der Waals surface area contributed by atoms with E-state index in [0.29, 0.717) is 17.8 Å². The zero-order valence-electron chi connectivity index (χ0n) is 14.8. The first kappa shape index (κ1) is 18.6. The molecule has 142 valence electrons. The van der Waals surface area contributed by atoms with E-state index in [9.17, 15) is 13.2 Å². The molecule has 1 aromatic carbocycles. The van der Waals surface area contributed by atoms with Gasteiger partial charge in [0.1, 0.15) is 10.3 Å². The van der Waals surface area contributed by atoms with Crippen molar-refractivity contribution in [2.75, 3.05) is 5.73 Å². The van der Waals surface area contributed by atoms with Crippen LogP contribution in [0.1, 0.15) is 6.92 Å². The fourth-order valence-corrected chi connectivity index (χ4v) is 4.82. The molecule has 0 unspecified atom stereocenters. The fraction of sp³-hybridized carbons (Fsp3) is 0.105. The average Bonchev–Trinajstić information content (AvgIpc) is 2.68. The van der Waals surface area contributed by atoms with Crippen molar-refractivity contribution in [2.45, 2.75) is 23.3 Å². The van der Waals surface area contributed by atoms with Crippen LogP contribution in [0.15, 0.2) is 73.8 Å². The van der Waals surface area contributed by atoms with Gasteiger partial charge in [0.05, 0.1) is 11.4 Å². The molecule has 0 fully saturated rings. The van der Waals surface area contributed by atoms with E-state index in [1.165, 1.54) is 22.6 Å². The molecule has 2 N–H and O–H groups in total. The third kappa shape index (κ3) is 2.78. The van der Waals surface area contributed by atoms with Crippen molar-refractivity contribution in [3.05, 3.63) is 69.6 Å². The van der Waals surface area contributed by atoms with Gasteiger partial charge >= 0.3 is 0 Å². The molecule has 0 aliphatic heterocycles. The molecule has 4 aromatic rings. The molecule has 3 heterocycles. The van der Waals surface area contributed by atoms with Crippen molar-refractivity contribution >= 4 is 48.3 Å². The average molecular weight is 460 g/mol. The molecule has 0 spiro atoms. The lowest BCUT2D eigenvalue weighted by molar-refractivity contribution is -0.656. The summed E-state index contributed by atoms with van der Waals surface area (Å²) in [5.41, 5.74) is 6.70. The number of nitrogens with two attached hydrogens (primary N) is 1. The van der Waals surface area contributed by atoms with Gasteiger partial charge in [0.15, 0.2) is 0 Å².